The number of aromatic hydroxyl groups is 1. The molecule has 4 rings (SSSR count). The number of aromatic nitrogens is 4. The van der Waals surface area contributed by atoms with Crippen LogP contribution in [0.4, 0.5) is 0 Å². The highest BCUT2D eigenvalue weighted by molar-refractivity contribution is 5.96. The Hall–Kier alpha value is -3.94. The fraction of sp³-hybridized carbons (Fsp3) is 0.250. The van der Waals surface area contributed by atoms with Crippen molar-refractivity contribution >= 4 is 17.0 Å². The first-order chi connectivity index (χ1) is 15.5. The van der Waals surface area contributed by atoms with Crippen LogP contribution in [0, 0.1) is 0 Å². The normalized spacial score (nSPS) is 11.1. The Morgan fingerprint density at radius 1 is 1.09 bits per heavy atom. The van der Waals surface area contributed by atoms with Crippen LogP contribution in [0.15, 0.2) is 48.5 Å². The number of unbranched alkanes of at least 4 members (excludes halogenated alkanes) is 1. The Balaban J connectivity index is 1.73. The van der Waals surface area contributed by atoms with Gasteiger partial charge in [-0.2, -0.15) is 0 Å². The number of benzene rings is 2. The third kappa shape index (κ3) is 3.99. The van der Waals surface area contributed by atoms with E-state index in [1.807, 2.05) is 34.9 Å². The van der Waals surface area contributed by atoms with E-state index < -0.39 is 5.97 Å². The second-order valence-corrected chi connectivity index (χ2v) is 7.50. The maximum Gasteiger partial charge on any atom is 0.336 e. The van der Waals surface area contributed by atoms with Crippen molar-refractivity contribution in [1.82, 2.24) is 19.7 Å². The van der Waals surface area contributed by atoms with Gasteiger partial charge in [-0.1, -0.05) is 55.8 Å². The number of hydrogen-bond acceptors (Lipinski definition) is 6. The summed E-state index contributed by atoms with van der Waals surface area (Å²) in [6, 6.07) is 14.6. The van der Waals surface area contributed by atoms with E-state index in [0.29, 0.717) is 23.1 Å². The van der Waals surface area contributed by atoms with E-state index in [-0.39, 0.29) is 17.3 Å². The molecule has 4 aromatic rings. The highest BCUT2D eigenvalue weighted by Gasteiger charge is 2.20. The van der Waals surface area contributed by atoms with Crippen molar-refractivity contribution in [2.24, 2.45) is 0 Å². The van der Waals surface area contributed by atoms with Crippen molar-refractivity contribution in [2.45, 2.75) is 32.7 Å². The first-order valence-corrected chi connectivity index (χ1v) is 10.4. The highest BCUT2D eigenvalue weighted by atomic mass is 16.5. The maximum absolute atomic E-state index is 11.6. The molecule has 0 atom stereocenters. The molecule has 2 aromatic carbocycles. The fourth-order valence-corrected chi connectivity index (χ4v) is 3.79. The van der Waals surface area contributed by atoms with Crippen LogP contribution in [0.3, 0.4) is 0 Å². The van der Waals surface area contributed by atoms with Crippen molar-refractivity contribution in [2.75, 3.05) is 7.11 Å². The van der Waals surface area contributed by atoms with Gasteiger partial charge in [0, 0.05) is 13.0 Å². The summed E-state index contributed by atoms with van der Waals surface area (Å²) in [6.07, 6.45) is 2.72. The van der Waals surface area contributed by atoms with Gasteiger partial charge >= 0.3 is 5.97 Å². The monoisotopic (exact) mass is 432 g/mol. The van der Waals surface area contributed by atoms with E-state index in [0.717, 1.165) is 36.2 Å². The molecule has 2 N–H and O–H groups in total. The zero-order chi connectivity index (χ0) is 22.7. The molecule has 8 nitrogen and oxygen atoms in total. The molecule has 0 aliphatic carbocycles. The predicted octanol–water partition coefficient (Wildman–Crippen LogP) is 4.30. The van der Waals surface area contributed by atoms with Crippen LogP contribution in [0.5, 0.6) is 11.8 Å². The first-order valence-electron chi connectivity index (χ1n) is 10.4. The Kier molecular flexibility index (Phi) is 6.02. The number of aromatic carboxylic acids is 1. The average molecular weight is 432 g/mol. The molecule has 0 fully saturated rings. The van der Waals surface area contributed by atoms with Crippen LogP contribution in [0.2, 0.25) is 0 Å². The summed E-state index contributed by atoms with van der Waals surface area (Å²) < 4.78 is 7.23. The molecule has 0 aliphatic rings. The van der Waals surface area contributed by atoms with Gasteiger partial charge in [-0.05, 0) is 29.2 Å². The second kappa shape index (κ2) is 9.05. The highest BCUT2D eigenvalue weighted by Crippen LogP contribution is 2.31. The van der Waals surface area contributed by atoms with Crippen LogP contribution >= 0.6 is 0 Å². The largest absolute Gasteiger partial charge is 0.491 e. The molecule has 2 aromatic heterocycles. The number of carboxylic acids is 1. The quantitative estimate of drug-likeness (QED) is 0.427. The molecular weight excluding hydrogens is 408 g/mol. The van der Waals surface area contributed by atoms with Crippen LogP contribution in [0.1, 0.15) is 41.5 Å². The van der Waals surface area contributed by atoms with E-state index in [2.05, 4.69) is 22.1 Å². The van der Waals surface area contributed by atoms with Gasteiger partial charge in [0.2, 0.25) is 0 Å². The molecule has 32 heavy (non-hydrogen) atoms. The number of hydrogen-bond donors (Lipinski definition) is 2. The minimum Gasteiger partial charge on any atom is -0.491 e. The summed E-state index contributed by atoms with van der Waals surface area (Å²) in [5.74, 6) is -0.0517. The van der Waals surface area contributed by atoms with Crippen LogP contribution < -0.4 is 4.74 Å². The van der Waals surface area contributed by atoms with Gasteiger partial charge in [0.1, 0.15) is 11.3 Å². The van der Waals surface area contributed by atoms with Gasteiger partial charge < -0.3 is 19.5 Å². The maximum atomic E-state index is 11.6. The molecule has 0 saturated carbocycles. The van der Waals surface area contributed by atoms with Gasteiger partial charge in [-0.15, -0.1) is 10.2 Å². The lowest BCUT2D eigenvalue weighted by Crippen LogP contribution is -2.06. The van der Waals surface area contributed by atoms with Gasteiger partial charge in [0.05, 0.1) is 12.7 Å². The average Bonchev–Trinajstić information content (AvgIpc) is 3.17. The van der Waals surface area contributed by atoms with Crippen LogP contribution in [0.25, 0.3) is 22.2 Å². The summed E-state index contributed by atoms with van der Waals surface area (Å²) in [4.78, 5) is 16.2. The third-order valence-corrected chi connectivity index (χ3v) is 5.41. The summed E-state index contributed by atoms with van der Waals surface area (Å²) in [5, 5.41) is 27.6. The Morgan fingerprint density at radius 3 is 2.53 bits per heavy atom. The molecule has 0 radical (unpaired) electrons. The lowest BCUT2D eigenvalue weighted by molar-refractivity contribution is 0.0697. The zero-order valence-corrected chi connectivity index (χ0v) is 17.9. The summed E-state index contributed by atoms with van der Waals surface area (Å²) in [5.41, 5.74) is 3.71. The number of carbonyl (C=O) groups is 1. The summed E-state index contributed by atoms with van der Waals surface area (Å²) in [6.45, 7) is 2.58. The van der Waals surface area contributed by atoms with Gasteiger partial charge in [-0.3, -0.25) is 0 Å². The Morgan fingerprint density at radius 2 is 1.84 bits per heavy atom. The van der Waals surface area contributed by atoms with Crippen LogP contribution in [-0.2, 0) is 13.0 Å². The first kappa shape index (κ1) is 21.3. The van der Waals surface area contributed by atoms with Gasteiger partial charge in [0.15, 0.2) is 5.52 Å². The lowest BCUT2D eigenvalue weighted by Gasteiger charge is -2.11. The molecule has 0 aliphatic heterocycles. The van der Waals surface area contributed by atoms with Crippen molar-refractivity contribution in [1.29, 1.82) is 0 Å². The summed E-state index contributed by atoms with van der Waals surface area (Å²) in [7, 11) is 1.50. The molecule has 0 bridgehead atoms. The molecule has 0 unspecified atom stereocenters. The molecule has 0 spiro atoms. The van der Waals surface area contributed by atoms with E-state index in [1.165, 1.54) is 7.11 Å². The number of rotatable bonds is 8. The van der Waals surface area contributed by atoms with Crippen molar-refractivity contribution in [3.8, 4) is 22.9 Å². The standard InChI is InChI=1S/C24H24N4O4/c1-3-4-9-19-25-20-21(22(29)26-27-23(20)32-2)28(19)14-15-10-12-16(13-11-15)17-7-5-6-8-18(17)24(30)31/h5-8,10-13H,3-4,9,14H2,1-2H3,(H,26,29)(H,30,31). The minimum atomic E-state index is -0.958. The Labute approximate surface area is 185 Å². The van der Waals surface area contributed by atoms with Gasteiger partial charge in [-0.25, -0.2) is 9.78 Å². The summed E-state index contributed by atoms with van der Waals surface area (Å²) >= 11 is 0. The van der Waals surface area contributed by atoms with E-state index in [9.17, 15) is 15.0 Å². The number of aryl methyl sites for hydroxylation is 1. The van der Waals surface area contributed by atoms with E-state index in [1.54, 1.807) is 18.2 Å². The predicted molar refractivity (Wildman–Crippen MR) is 120 cm³/mol. The smallest absolute Gasteiger partial charge is 0.336 e. The molecule has 8 heteroatoms. The number of nitrogens with zero attached hydrogens (tertiary/aromatic N) is 4. The number of carboxylic acid groups (broad SMARTS) is 1. The lowest BCUT2D eigenvalue weighted by atomic mass is 9.99. The number of methoxy groups -OCH3 is 1. The number of imidazole rings is 1. The Bertz CT molecular complexity index is 1270. The molecule has 0 saturated heterocycles. The topological polar surface area (TPSA) is 110 Å². The third-order valence-electron chi connectivity index (χ3n) is 5.41. The van der Waals surface area contributed by atoms with Gasteiger partial charge in [0.25, 0.3) is 11.8 Å². The molecule has 0 amide bonds. The molecular formula is C24H24N4O4. The fourth-order valence-electron chi connectivity index (χ4n) is 3.79. The van der Waals surface area contributed by atoms with E-state index >= 15 is 0 Å². The second-order valence-electron chi connectivity index (χ2n) is 7.50. The molecule has 164 valence electrons. The molecule has 2 heterocycles. The SMILES string of the molecule is CCCCc1nc2c(OC)nnc(O)c2n1Cc1ccc(-c2ccccc2C(=O)O)cc1. The van der Waals surface area contributed by atoms with Crippen molar-refractivity contribution < 1.29 is 19.7 Å². The minimum absolute atomic E-state index is 0.192. The van der Waals surface area contributed by atoms with Crippen molar-refractivity contribution in [3.63, 3.8) is 0 Å². The zero-order valence-electron chi connectivity index (χ0n) is 17.9. The number of ether oxygens (including phenoxy) is 1. The number of fused-ring (bicyclic) bond motifs is 1. The van der Waals surface area contributed by atoms with Crippen LogP contribution in [-0.4, -0.2) is 43.0 Å². The van der Waals surface area contributed by atoms with Crippen molar-refractivity contribution in [3.05, 3.63) is 65.5 Å². The van der Waals surface area contributed by atoms with E-state index in [4.69, 9.17) is 4.74 Å².